The van der Waals surface area contributed by atoms with Crippen LogP contribution in [0.3, 0.4) is 0 Å². The van der Waals surface area contributed by atoms with Gasteiger partial charge in [0.25, 0.3) is 5.91 Å². The molecule has 2 aromatic heterocycles. The van der Waals surface area contributed by atoms with Gasteiger partial charge in [-0.15, -0.1) is 11.3 Å². The minimum absolute atomic E-state index is 0.0330. The number of amides is 1. The third kappa shape index (κ3) is 6.45. The SMILES string of the molecule is Cc1ccc(F)c(C(=O)Nc2ccc(C)c(Nc3nc(C)cs3)c2)c1.c1ccncc1. The second-order valence-corrected chi connectivity index (χ2v) is 7.77. The predicted molar refractivity (Wildman–Crippen MR) is 125 cm³/mol. The smallest absolute Gasteiger partial charge is 0.258 e. The Morgan fingerprint density at radius 3 is 2.39 bits per heavy atom. The van der Waals surface area contributed by atoms with Crippen LogP contribution in [0, 0.1) is 26.6 Å². The lowest BCUT2D eigenvalue weighted by atomic mass is 10.1. The van der Waals surface area contributed by atoms with E-state index in [2.05, 4.69) is 20.6 Å². The highest BCUT2D eigenvalue weighted by molar-refractivity contribution is 7.13. The molecule has 0 fully saturated rings. The zero-order chi connectivity index (χ0) is 22.2. The van der Waals surface area contributed by atoms with Gasteiger partial charge in [0, 0.05) is 29.1 Å². The molecule has 2 N–H and O–H groups in total. The Balaban J connectivity index is 0.000000391. The second-order valence-electron chi connectivity index (χ2n) is 6.91. The van der Waals surface area contributed by atoms with Crippen LogP contribution in [-0.2, 0) is 0 Å². The maximum absolute atomic E-state index is 13.9. The van der Waals surface area contributed by atoms with Crippen molar-refractivity contribution < 1.29 is 9.18 Å². The maximum Gasteiger partial charge on any atom is 0.258 e. The first-order valence-corrected chi connectivity index (χ1v) is 10.5. The summed E-state index contributed by atoms with van der Waals surface area (Å²) in [7, 11) is 0. The molecule has 0 saturated heterocycles. The molecule has 0 radical (unpaired) electrons. The van der Waals surface area contributed by atoms with Gasteiger partial charge in [0.1, 0.15) is 5.82 Å². The summed E-state index contributed by atoms with van der Waals surface area (Å²) >= 11 is 1.51. The number of thiazole rings is 1. The summed E-state index contributed by atoms with van der Waals surface area (Å²) in [6.45, 7) is 5.72. The number of carbonyl (C=O) groups is 1. The third-order valence-corrected chi connectivity index (χ3v) is 5.16. The summed E-state index contributed by atoms with van der Waals surface area (Å²) in [6, 6.07) is 15.7. The molecule has 4 rings (SSSR count). The molecule has 4 aromatic rings. The molecular weight excluding hydrogens is 411 g/mol. The van der Waals surface area contributed by atoms with E-state index in [1.807, 2.05) is 56.5 Å². The number of aromatic nitrogens is 2. The number of aryl methyl sites for hydroxylation is 3. The fraction of sp³-hybridized carbons (Fsp3) is 0.125. The lowest BCUT2D eigenvalue weighted by Crippen LogP contribution is -2.14. The Bertz CT molecular complexity index is 1130. The molecule has 158 valence electrons. The van der Waals surface area contributed by atoms with Gasteiger partial charge in [-0.2, -0.15) is 0 Å². The van der Waals surface area contributed by atoms with E-state index in [4.69, 9.17) is 0 Å². The average molecular weight is 435 g/mol. The van der Waals surface area contributed by atoms with Gasteiger partial charge >= 0.3 is 0 Å². The summed E-state index contributed by atoms with van der Waals surface area (Å²) < 4.78 is 13.9. The van der Waals surface area contributed by atoms with Crippen LogP contribution < -0.4 is 10.6 Å². The number of carbonyl (C=O) groups excluding carboxylic acids is 1. The van der Waals surface area contributed by atoms with E-state index in [1.54, 1.807) is 24.5 Å². The number of benzene rings is 2. The van der Waals surface area contributed by atoms with E-state index in [0.29, 0.717) is 5.69 Å². The van der Waals surface area contributed by atoms with Crippen LogP contribution in [0.5, 0.6) is 0 Å². The number of nitrogens with zero attached hydrogens (tertiary/aromatic N) is 2. The molecule has 7 heteroatoms. The standard InChI is InChI=1S/C19H18FN3OS.C5H5N/c1-11-4-7-16(20)15(8-11)18(24)22-14-6-5-12(2)17(9-14)23-19-21-13(3)10-25-19;1-2-4-6-5-3-1/h4-10H,1-3H3,(H,21,23)(H,22,24);1-5H. The van der Waals surface area contributed by atoms with Gasteiger partial charge < -0.3 is 10.6 Å². The van der Waals surface area contributed by atoms with Crippen molar-refractivity contribution in [2.75, 3.05) is 10.6 Å². The van der Waals surface area contributed by atoms with Crippen LogP contribution in [0.4, 0.5) is 20.9 Å². The molecule has 0 saturated carbocycles. The second kappa shape index (κ2) is 10.4. The molecule has 2 heterocycles. The van der Waals surface area contributed by atoms with Gasteiger partial charge in [-0.1, -0.05) is 23.8 Å². The van der Waals surface area contributed by atoms with E-state index in [1.165, 1.54) is 23.5 Å². The highest BCUT2D eigenvalue weighted by atomic mass is 32.1. The minimum atomic E-state index is -0.535. The molecule has 0 atom stereocenters. The lowest BCUT2D eigenvalue weighted by molar-refractivity contribution is 0.102. The van der Waals surface area contributed by atoms with Crippen molar-refractivity contribution in [3.63, 3.8) is 0 Å². The predicted octanol–water partition coefficient (Wildman–Crippen LogP) is 6.28. The van der Waals surface area contributed by atoms with Crippen molar-refractivity contribution in [1.82, 2.24) is 9.97 Å². The first-order valence-electron chi connectivity index (χ1n) is 9.64. The Hall–Kier alpha value is -3.58. The number of hydrogen-bond donors (Lipinski definition) is 2. The van der Waals surface area contributed by atoms with Crippen LogP contribution in [0.2, 0.25) is 0 Å². The van der Waals surface area contributed by atoms with Crippen LogP contribution in [0.1, 0.15) is 27.2 Å². The Morgan fingerprint density at radius 1 is 1.00 bits per heavy atom. The van der Waals surface area contributed by atoms with Crippen LogP contribution in [-0.4, -0.2) is 15.9 Å². The van der Waals surface area contributed by atoms with Crippen molar-refractivity contribution in [2.24, 2.45) is 0 Å². The van der Waals surface area contributed by atoms with Crippen molar-refractivity contribution in [3.8, 4) is 0 Å². The van der Waals surface area contributed by atoms with Crippen molar-refractivity contribution >= 4 is 33.8 Å². The van der Waals surface area contributed by atoms with Crippen LogP contribution in [0.15, 0.2) is 72.4 Å². The van der Waals surface area contributed by atoms with E-state index >= 15 is 0 Å². The summed E-state index contributed by atoms with van der Waals surface area (Å²) in [5.74, 6) is -1.01. The largest absolute Gasteiger partial charge is 0.331 e. The summed E-state index contributed by atoms with van der Waals surface area (Å²) in [5, 5.41) is 8.75. The van der Waals surface area contributed by atoms with Crippen LogP contribution >= 0.6 is 11.3 Å². The Kier molecular flexibility index (Phi) is 7.45. The van der Waals surface area contributed by atoms with Gasteiger partial charge in [-0.05, 0) is 62.7 Å². The van der Waals surface area contributed by atoms with E-state index in [9.17, 15) is 9.18 Å². The molecule has 0 spiro atoms. The molecule has 31 heavy (non-hydrogen) atoms. The van der Waals surface area contributed by atoms with Gasteiger partial charge in [-0.25, -0.2) is 9.37 Å². The first-order chi connectivity index (χ1) is 14.9. The Labute approximate surface area is 185 Å². The molecule has 0 bridgehead atoms. The fourth-order valence-electron chi connectivity index (χ4n) is 2.69. The third-order valence-electron chi connectivity index (χ3n) is 4.29. The van der Waals surface area contributed by atoms with Crippen molar-refractivity contribution in [2.45, 2.75) is 20.8 Å². The maximum atomic E-state index is 13.9. The molecule has 0 aliphatic carbocycles. The average Bonchev–Trinajstić information content (AvgIpc) is 3.18. The van der Waals surface area contributed by atoms with E-state index in [-0.39, 0.29) is 5.56 Å². The van der Waals surface area contributed by atoms with Gasteiger partial charge in [0.15, 0.2) is 5.13 Å². The Morgan fingerprint density at radius 2 is 1.77 bits per heavy atom. The fourth-order valence-corrected chi connectivity index (χ4v) is 3.39. The molecule has 0 unspecified atom stereocenters. The summed E-state index contributed by atoms with van der Waals surface area (Å²) in [5.41, 5.74) is 4.27. The number of nitrogens with one attached hydrogen (secondary N) is 2. The van der Waals surface area contributed by atoms with E-state index < -0.39 is 11.7 Å². The van der Waals surface area contributed by atoms with Crippen LogP contribution in [0.25, 0.3) is 0 Å². The number of halogens is 1. The molecule has 0 aliphatic rings. The summed E-state index contributed by atoms with van der Waals surface area (Å²) in [6.07, 6.45) is 3.50. The van der Waals surface area contributed by atoms with Crippen molar-refractivity contribution in [3.05, 3.63) is 101 Å². The first kappa shape index (κ1) is 22.1. The van der Waals surface area contributed by atoms with Gasteiger partial charge in [-0.3, -0.25) is 9.78 Å². The summed E-state index contributed by atoms with van der Waals surface area (Å²) in [4.78, 5) is 20.5. The lowest BCUT2D eigenvalue weighted by Gasteiger charge is -2.11. The molecule has 1 amide bonds. The van der Waals surface area contributed by atoms with E-state index in [0.717, 1.165) is 27.6 Å². The number of hydrogen-bond acceptors (Lipinski definition) is 5. The molecule has 5 nitrogen and oxygen atoms in total. The minimum Gasteiger partial charge on any atom is -0.331 e. The highest BCUT2D eigenvalue weighted by Crippen LogP contribution is 2.26. The highest BCUT2D eigenvalue weighted by Gasteiger charge is 2.13. The number of rotatable bonds is 4. The molecular formula is C24H23FN4OS. The quantitative estimate of drug-likeness (QED) is 0.396. The normalized spacial score (nSPS) is 10.1. The molecule has 2 aromatic carbocycles. The number of anilines is 3. The zero-order valence-corrected chi connectivity index (χ0v) is 18.3. The number of pyridine rings is 1. The van der Waals surface area contributed by atoms with Crippen molar-refractivity contribution in [1.29, 1.82) is 0 Å². The zero-order valence-electron chi connectivity index (χ0n) is 17.5. The van der Waals surface area contributed by atoms with Gasteiger partial charge in [0.2, 0.25) is 0 Å². The van der Waals surface area contributed by atoms with Gasteiger partial charge in [0.05, 0.1) is 11.3 Å². The molecule has 0 aliphatic heterocycles. The monoisotopic (exact) mass is 434 g/mol. The topological polar surface area (TPSA) is 66.9 Å².